The van der Waals surface area contributed by atoms with E-state index in [0.29, 0.717) is 18.7 Å². The molecule has 3 rings (SSSR count). The van der Waals surface area contributed by atoms with Crippen molar-refractivity contribution >= 4 is 17.5 Å². The minimum Gasteiger partial charge on any atom is -0.347 e. The highest BCUT2D eigenvalue weighted by Crippen LogP contribution is 2.38. The predicted molar refractivity (Wildman–Crippen MR) is 104 cm³/mol. The standard InChI is InChI=1S/C20H27N5O2/c21-15-20(9-2-1-3-10-20)13-18(26)22-14-19(27)24-16-5-7-17(8-6-16)25-12-4-11-23-25/h4-8,11-12H,1-3,9-10,13-15,21H2,(H,22,26)(H,24,27). The molecule has 27 heavy (non-hydrogen) atoms. The number of amides is 2. The Hall–Kier alpha value is -2.67. The molecule has 1 saturated carbocycles. The van der Waals surface area contributed by atoms with Crippen LogP contribution >= 0.6 is 0 Å². The number of aromatic nitrogens is 2. The minimum atomic E-state index is -0.249. The Kier molecular flexibility index (Phi) is 6.24. The molecular weight excluding hydrogens is 342 g/mol. The van der Waals surface area contributed by atoms with E-state index >= 15 is 0 Å². The van der Waals surface area contributed by atoms with Crippen LogP contribution in [0.25, 0.3) is 5.69 Å². The molecule has 7 nitrogen and oxygen atoms in total. The second-order valence-corrected chi connectivity index (χ2v) is 7.26. The Morgan fingerprint density at radius 1 is 1.11 bits per heavy atom. The molecule has 1 aliphatic carbocycles. The lowest BCUT2D eigenvalue weighted by Crippen LogP contribution is -2.40. The molecule has 0 saturated heterocycles. The van der Waals surface area contributed by atoms with E-state index < -0.39 is 0 Å². The lowest BCUT2D eigenvalue weighted by atomic mass is 9.71. The fourth-order valence-electron chi connectivity index (χ4n) is 3.66. The van der Waals surface area contributed by atoms with Crippen molar-refractivity contribution in [2.75, 3.05) is 18.4 Å². The van der Waals surface area contributed by atoms with Gasteiger partial charge >= 0.3 is 0 Å². The first-order valence-electron chi connectivity index (χ1n) is 9.47. The Balaban J connectivity index is 1.45. The normalized spacial score (nSPS) is 15.9. The zero-order chi connectivity index (χ0) is 19.1. The van der Waals surface area contributed by atoms with Crippen LogP contribution in [-0.2, 0) is 9.59 Å². The Morgan fingerprint density at radius 2 is 1.85 bits per heavy atom. The van der Waals surface area contributed by atoms with E-state index in [4.69, 9.17) is 5.73 Å². The number of rotatable bonds is 7. The molecule has 2 amide bonds. The smallest absolute Gasteiger partial charge is 0.243 e. The molecule has 0 unspecified atom stereocenters. The summed E-state index contributed by atoms with van der Waals surface area (Å²) in [5.41, 5.74) is 7.42. The molecule has 0 bridgehead atoms. The molecule has 1 aliphatic rings. The molecule has 0 spiro atoms. The summed E-state index contributed by atoms with van der Waals surface area (Å²) in [6, 6.07) is 9.20. The second kappa shape index (κ2) is 8.81. The second-order valence-electron chi connectivity index (χ2n) is 7.26. The van der Waals surface area contributed by atoms with Crippen LogP contribution < -0.4 is 16.4 Å². The fraction of sp³-hybridized carbons (Fsp3) is 0.450. The van der Waals surface area contributed by atoms with Crippen molar-refractivity contribution in [3.05, 3.63) is 42.7 Å². The summed E-state index contributed by atoms with van der Waals surface area (Å²) in [5, 5.41) is 9.67. The van der Waals surface area contributed by atoms with E-state index in [2.05, 4.69) is 15.7 Å². The number of nitrogens with two attached hydrogens (primary N) is 1. The average molecular weight is 369 g/mol. The van der Waals surface area contributed by atoms with Crippen molar-refractivity contribution in [3.8, 4) is 5.69 Å². The van der Waals surface area contributed by atoms with Gasteiger partial charge in [-0.1, -0.05) is 19.3 Å². The van der Waals surface area contributed by atoms with E-state index in [1.807, 2.05) is 36.5 Å². The molecule has 144 valence electrons. The van der Waals surface area contributed by atoms with Gasteiger partial charge in [-0.2, -0.15) is 5.10 Å². The maximum Gasteiger partial charge on any atom is 0.243 e. The summed E-state index contributed by atoms with van der Waals surface area (Å²) < 4.78 is 1.74. The quantitative estimate of drug-likeness (QED) is 0.696. The van der Waals surface area contributed by atoms with Crippen LogP contribution in [0.3, 0.4) is 0 Å². The number of carbonyl (C=O) groups excluding carboxylic acids is 2. The SMILES string of the molecule is NCC1(CC(=O)NCC(=O)Nc2ccc(-n3cccn3)cc2)CCCCC1. The minimum absolute atomic E-state index is 0.0413. The van der Waals surface area contributed by atoms with Crippen molar-refractivity contribution in [1.82, 2.24) is 15.1 Å². The fourth-order valence-corrected chi connectivity index (χ4v) is 3.66. The van der Waals surface area contributed by atoms with Crippen molar-refractivity contribution in [2.24, 2.45) is 11.1 Å². The molecule has 0 atom stereocenters. The highest BCUT2D eigenvalue weighted by atomic mass is 16.2. The molecule has 1 aromatic carbocycles. The number of benzene rings is 1. The van der Waals surface area contributed by atoms with Gasteiger partial charge in [0.1, 0.15) is 0 Å². The third-order valence-corrected chi connectivity index (χ3v) is 5.25. The van der Waals surface area contributed by atoms with Crippen LogP contribution in [0.5, 0.6) is 0 Å². The van der Waals surface area contributed by atoms with Crippen LogP contribution in [0, 0.1) is 5.41 Å². The summed E-state index contributed by atoms with van der Waals surface area (Å²) in [6.45, 7) is 0.482. The van der Waals surface area contributed by atoms with E-state index in [1.165, 1.54) is 6.42 Å². The molecule has 7 heteroatoms. The Bertz CT molecular complexity index is 749. The largest absolute Gasteiger partial charge is 0.347 e. The predicted octanol–water partition coefficient (Wildman–Crippen LogP) is 2.23. The molecule has 0 aliphatic heterocycles. The number of hydrogen-bond acceptors (Lipinski definition) is 4. The maximum atomic E-state index is 12.3. The van der Waals surface area contributed by atoms with Crippen LogP contribution in [0.15, 0.2) is 42.7 Å². The lowest BCUT2D eigenvalue weighted by Gasteiger charge is -2.35. The first kappa shape index (κ1) is 19.1. The van der Waals surface area contributed by atoms with Crippen LogP contribution in [0.4, 0.5) is 5.69 Å². The first-order valence-corrected chi connectivity index (χ1v) is 9.47. The van der Waals surface area contributed by atoms with E-state index in [9.17, 15) is 9.59 Å². The summed E-state index contributed by atoms with van der Waals surface area (Å²) in [5.74, 6) is -0.354. The van der Waals surface area contributed by atoms with Gasteiger partial charge in [0, 0.05) is 24.5 Å². The highest BCUT2D eigenvalue weighted by molar-refractivity contribution is 5.94. The third kappa shape index (κ3) is 5.17. The molecular formula is C20H27N5O2. The van der Waals surface area contributed by atoms with E-state index in [1.54, 1.807) is 10.9 Å². The van der Waals surface area contributed by atoms with Crippen LogP contribution in [0.1, 0.15) is 38.5 Å². The van der Waals surface area contributed by atoms with Gasteiger partial charge in [0.05, 0.1) is 12.2 Å². The Labute approximate surface area is 159 Å². The van der Waals surface area contributed by atoms with Crippen molar-refractivity contribution < 1.29 is 9.59 Å². The van der Waals surface area contributed by atoms with Gasteiger partial charge in [-0.3, -0.25) is 9.59 Å². The topological polar surface area (TPSA) is 102 Å². The maximum absolute atomic E-state index is 12.3. The lowest BCUT2D eigenvalue weighted by molar-refractivity contribution is -0.126. The van der Waals surface area contributed by atoms with Crippen molar-refractivity contribution in [1.29, 1.82) is 0 Å². The molecule has 2 aromatic rings. The number of anilines is 1. The van der Waals surface area contributed by atoms with Gasteiger partial charge in [0.25, 0.3) is 0 Å². The van der Waals surface area contributed by atoms with Gasteiger partial charge in [-0.05, 0) is 55.1 Å². The molecule has 1 aromatic heterocycles. The van der Waals surface area contributed by atoms with Gasteiger partial charge in [0.2, 0.25) is 11.8 Å². The van der Waals surface area contributed by atoms with E-state index in [0.717, 1.165) is 31.4 Å². The van der Waals surface area contributed by atoms with E-state index in [-0.39, 0.29) is 23.8 Å². The monoisotopic (exact) mass is 369 g/mol. The zero-order valence-electron chi connectivity index (χ0n) is 15.5. The van der Waals surface area contributed by atoms with Gasteiger partial charge in [-0.25, -0.2) is 4.68 Å². The summed E-state index contributed by atoms with van der Waals surface area (Å²) in [7, 11) is 0. The third-order valence-electron chi connectivity index (χ3n) is 5.25. The summed E-state index contributed by atoms with van der Waals surface area (Å²) >= 11 is 0. The van der Waals surface area contributed by atoms with Gasteiger partial charge < -0.3 is 16.4 Å². The molecule has 1 fully saturated rings. The highest BCUT2D eigenvalue weighted by Gasteiger charge is 2.32. The van der Waals surface area contributed by atoms with Gasteiger partial charge in [-0.15, -0.1) is 0 Å². The van der Waals surface area contributed by atoms with Crippen molar-refractivity contribution in [2.45, 2.75) is 38.5 Å². The van der Waals surface area contributed by atoms with Crippen molar-refractivity contribution in [3.63, 3.8) is 0 Å². The number of hydrogen-bond donors (Lipinski definition) is 3. The first-order chi connectivity index (χ1) is 13.1. The van der Waals surface area contributed by atoms with Gasteiger partial charge in [0.15, 0.2) is 0 Å². The molecule has 4 N–H and O–H groups in total. The van der Waals surface area contributed by atoms with Crippen LogP contribution in [-0.4, -0.2) is 34.7 Å². The number of nitrogens with zero attached hydrogens (tertiary/aromatic N) is 2. The molecule has 0 radical (unpaired) electrons. The zero-order valence-corrected chi connectivity index (χ0v) is 15.5. The number of carbonyl (C=O) groups is 2. The Morgan fingerprint density at radius 3 is 2.48 bits per heavy atom. The van der Waals surface area contributed by atoms with Crippen LogP contribution in [0.2, 0.25) is 0 Å². The number of nitrogens with one attached hydrogen (secondary N) is 2. The molecule has 1 heterocycles. The summed E-state index contributed by atoms with van der Waals surface area (Å²) in [4.78, 5) is 24.4. The average Bonchev–Trinajstić information content (AvgIpc) is 3.22. The summed E-state index contributed by atoms with van der Waals surface area (Å²) in [6.07, 6.45) is 9.40.